The van der Waals surface area contributed by atoms with Gasteiger partial charge in [0, 0.05) is 12.0 Å². The number of rotatable bonds is 4. The van der Waals surface area contributed by atoms with Crippen molar-refractivity contribution in [1.82, 2.24) is 4.90 Å². The van der Waals surface area contributed by atoms with E-state index in [2.05, 4.69) is 0 Å². The minimum Gasteiger partial charge on any atom is -0.480 e. The van der Waals surface area contributed by atoms with Crippen LogP contribution in [0.4, 0.5) is 10.5 Å². The third-order valence-electron chi connectivity index (χ3n) is 4.92. The van der Waals surface area contributed by atoms with Crippen LogP contribution >= 0.6 is 24.0 Å². The van der Waals surface area contributed by atoms with Gasteiger partial charge in [-0.2, -0.15) is 0 Å². The van der Waals surface area contributed by atoms with Crippen LogP contribution in [-0.4, -0.2) is 49.4 Å². The van der Waals surface area contributed by atoms with Crippen LogP contribution in [0.15, 0.2) is 59.5 Å². The molecule has 2 aliphatic rings. The van der Waals surface area contributed by atoms with Crippen molar-refractivity contribution >= 4 is 63.4 Å². The van der Waals surface area contributed by atoms with Crippen molar-refractivity contribution in [2.24, 2.45) is 0 Å². The second kappa shape index (κ2) is 7.97. The summed E-state index contributed by atoms with van der Waals surface area (Å²) in [6, 6.07) is 13.7. The van der Waals surface area contributed by atoms with Crippen LogP contribution in [-0.2, 0) is 20.8 Å². The van der Waals surface area contributed by atoms with Gasteiger partial charge in [0.05, 0.1) is 16.2 Å². The Balaban J connectivity index is 1.77. The number of benzene rings is 2. The molecule has 4 rings (SSSR count). The number of carboxylic acids is 1. The lowest BCUT2D eigenvalue weighted by Crippen LogP contribution is -2.45. The van der Waals surface area contributed by atoms with E-state index in [4.69, 9.17) is 12.2 Å². The maximum Gasteiger partial charge on any atom is 0.419 e. The highest BCUT2D eigenvalue weighted by Gasteiger charge is 2.46. The average Bonchev–Trinajstić information content (AvgIpc) is 3.19. The van der Waals surface area contributed by atoms with Gasteiger partial charge in [-0.3, -0.25) is 14.5 Å². The fraction of sp³-hybridized carbons (Fsp3) is 0.0952. The van der Waals surface area contributed by atoms with Crippen LogP contribution in [0.3, 0.4) is 0 Å². The molecule has 2 heterocycles. The Kier molecular flexibility index (Phi) is 5.34. The Hall–Kier alpha value is -3.50. The highest BCUT2D eigenvalue weighted by Crippen LogP contribution is 2.45. The van der Waals surface area contributed by atoms with Gasteiger partial charge in [0.1, 0.15) is 10.4 Å². The SMILES string of the molecule is O=C(O)C(Cc1ccccc1)N1C(=O)/C(=C2/C(=O)N(C(=O)O)c3ccccc32)SC1=S. The van der Waals surface area contributed by atoms with E-state index in [0.717, 1.165) is 16.7 Å². The average molecular weight is 454 g/mol. The van der Waals surface area contributed by atoms with Gasteiger partial charge >= 0.3 is 12.1 Å². The molecule has 31 heavy (non-hydrogen) atoms. The Labute approximate surface area is 185 Å². The smallest absolute Gasteiger partial charge is 0.419 e. The fourth-order valence-corrected chi connectivity index (χ4v) is 4.98. The number of nitrogens with zero attached hydrogens (tertiary/aromatic N) is 2. The molecule has 3 amide bonds. The summed E-state index contributed by atoms with van der Waals surface area (Å²) in [4.78, 5) is 51.2. The maximum absolute atomic E-state index is 13.2. The number of hydrogen-bond donors (Lipinski definition) is 2. The largest absolute Gasteiger partial charge is 0.480 e. The number of carboxylic acid groups (broad SMARTS) is 2. The third-order valence-corrected chi connectivity index (χ3v) is 6.32. The van der Waals surface area contributed by atoms with Crippen LogP contribution in [0.1, 0.15) is 11.1 Å². The van der Waals surface area contributed by atoms with Crippen molar-refractivity contribution in [1.29, 1.82) is 0 Å². The summed E-state index contributed by atoms with van der Waals surface area (Å²) >= 11 is 6.09. The Bertz CT molecular complexity index is 1180. The molecule has 0 spiro atoms. The van der Waals surface area contributed by atoms with E-state index in [-0.39, 0.29) is 32.5 Å². The number of para-hydroxylation sites is 1. The molecule has 0 aromatic heterocycles. The van der Waals surface area contributed by atoms with Crippen LogP contribution in [0.25, 0.3) is 5.57 Å². The molecular formula is C21H14N2O6S2. The molecule has 1 unspecified atom stereocenters. The van der Waals surface area contributed by atoms with Crippen LogP contribution in [0.2, 0.25) is 0 Å². The Morgan fingerprint density at radius 1 is 0.968 bits per heavy atom. The molecule has 0 aliphatic carbocycles. The molecule has 0 radical (unpaired) electrons. The lowest BCUT2D eigenvalue weighted by atomic mass is 10.0. The van der Waals surface area contributed by atoms with Crippen LogP contribution < -0.4 is 4.90 Å². The normalized spacial score (nSPS) is 19.0. The molecule has 2 aromatic rings. The summed E-state index contributed by atoms with van der Waals surface area (Å²) < 4.78 is -0.00473. The summed E-state index contributed by atoms with van der Waals surface area (Å²) in [5, 5.41) is 19.2. The molecule has 0 saturated carbocycles. The van der Waals surface area contributed by atoms with Crippen LogP contribution in [0.5, 0.6) is 0 Å². The second-order valence-electron chi connectivity index (χ2n) is 6.73. The predicted molar refractivity (Wildman–Crippen MR) is 117 cm³/mol. The zero-order valence-corrected chi connectivity index (χ0v) is 17.4. The number of thiocarbonyl (C=S) groups is 1. The molecule has 1 atom stereocenters. The van der Waals surface area contributed by atoms with Gasteiger partial charge in [-0.15, -0.1) is 0 Å². The number of amides is 3. The number of anilines is 1. The molecule has 1 saturated heterocycles. The van der Waals surface area contributed by atoms with Crippen molar-refractivity contribution in [2.45, 2.75) is 12.5 Å². The standard InChI is InChI=1S/C21H14N2O6S2/c24-17-15(12-8-4-5-9-13(12)22(17)20(28)29)16-18(25)23(21(30)31-16)14(19(26)27)10-11-6-2-1-3-7-11/h1-9,14H,10H2,(H,26,27)(H,28,29)/b16-15-. The molecule has 10 heteroatoms. The van der Waals surface area contributed by atoms with Crippen molar-refractivity contribution in [3.8, 4) is 0 Å². The van der Waals surface area contributed by atoms with Gasteiger partial charge in [0.25, 0.3) is 11.8 Å². The monoisotopic (exact) mass is 454 g/mol. The van der Waals surface area contributed by atoms with Gasteiger partial charge in [-0.05, 0) is 11.6 Å². The lowest BCUT2D eigenvalue weighted by Gasteiger charge is -2.23. The molecule has 0 bridgehead atoms. The minimum atomic E-state index is -1.48. The van der Waals surface area contributed by atoms with E-state index < -0.39 is 29.9 Å². The number of thioether (sulfide) groups is 1. The van der Waals surface area contributed by atoms with Gasteiger partial charge in [0.15, 0.2) is 0 Å². The number of imide groups is 1. The predicted octanol–water partition coefficient (Wildman–Crippen LogP) is 2.98. The number of aliphatic carboxylic acids is 1. The molecule has 2 aliphatic heterocycles. The molecule has 2 N–H and O–H groups in total. The van der Waals surface area contributed by atoms with Crippen molar-refractivity contribution in [2.75, 3.05) is 4.90 Å². The van der Waals surface area contributed by atoms with Crippen molar-refractivity contribution in [3.63, 3.8) is 0 Å². The molecule has 2 aromatic carbocycles. The van der Waals surface area contributed by atoms with E-state index >= 15 is 0 Å². The van der Waals surface area contributed by atoms with E-state index in [1.807, 2.05) is 0 Å². The fourth-order valence-electron chi connectivity index (χ4n) is 3.55. The first-order chi connectivity index (χ1) is 14.8. The first-order valence-electron chi connectivity index (χ1n) is 9.04. The first-order valence-corrected chi connectivity index (χ1v) is 10.3. The highest BCUT2D eigenvalue weighted by atomic mass is 32.2. The van der Waals surface area contributed by atoms with Gasteiger partial charge < -0.3 is 10.2 Å². The lowest BCUT2D eigenvalue weighted by molar-refractivity contribution is -0.145. The summed E-state index contributed by atoms with van der Waals surface area (Å²) in [7, 11) is 0. The first kappa shape index (κ1) is 20.8. The maximum atomic E-state index is 13.2. The van der Waals surface area contributed by atoms with E-state index in [1.165, 1.54) is 12.1 Å². The van der Waals surface area contributed by atoms with Crippen LogP contribution in [0, 0.1) is 0 Å². The van der Waals surface area contributed by atoms with Crippen molar-refractivity contribution in [3.05, 3.63) is 70.6 Å². The summed E-state index contributed by atoms with van der Waals surface area (Å²) in [6.45, 7) is 0. The molecule has 1 fully saturated rings. The van der Waals surface area contributed by atoms with E-state index in [1.54, 1.807) is 42.5 Å². The summed E-state index contributed by atoms with van der Waals surface area (Å²) in [5.41, 5.74) is 1.03. The quantitative estimate of drug-likeness (QED) is 0.535. The Morgan fingerprint density at radius 2 is 1.61 bits per heavy atom. The summed E-state index contributed by atoms with van der Waals surface area (Å²) in [6.07, 6.45) is -1.45. The van der Waals surface area contributed by atoms with E-state index in [9.17, 15) is 29.4 Å². The second-order valence-corrected chi connectivity index (χ2v) is 8.38. The topological polar surface area (TPSA) is 115 Å². The number of carbonyl (C=O) groups is 4. The number of fused-ring (bicyclic) bond motifs is 1. The van der Waals surface area contributed by atoms with Crippen molar-refractivity contribution < 1.29 is 29.4 Å². The zero-order chi connectivity index (χ0) is 22.3. The molecule has 156 valence electrons. The molecular weight excluding hydrogens is 440 g/mol. The molecule has 8 nitrogen and oxygen atoms in total. The number of hydrogen-bond acceptors (Lipinski definition) is 6. The van der Waals surface area contributed by atoms with Gasteiger partial charge in [-0.25, -0.2) is 14.5 Å². The zero-order valence-electron chi connectivity index (χ0n) is 15.7. The van der Waals surface area contributed by atoms with Gasteiger partial charge in [0.2, 0.25) is 0 Å². The minimum absolute atomic E-state index is 0.00473. The third kappa shape index (κ3) is 3.49. The van der Waals surface area contributed by atoms with E-state index in [0.29, 0.717) is 10.5 Å². The highest BCUT2D eigenvalue weighted by molar-refractivity contribution is 8.26. The Morgan fingerprint density at radius 3 is 2.26 bits per heavy atom. The summed E-state index contributed by atoms with van der Waals surface area (Å²) in [5.74, 6) is -2.84. The van der Waals surface area contributed by atoms with Gasteiger partial charge in [-0.1, -0.05) is 72.5 Å². The number of carbonyl (C=O) groups excluding carboxylic acids is 2.